The number of nitrogens with zero attached hydrogens (tertiary/aromatic N) is 5. The molecule has 3 aromatic rings. The summed E-state index contributed by atoms with van der Waals surface area (Å²) < 4.78 is 14.9. The van der Waals surface area contributed by atoms with E-state index in [1.54, 1.807) is 12.5 Å². The molecule has 4 heterocycles. The number of aromatic nitrogens is 3. The third-order valence-corrected chi connectivity index (χ3v) is 7.71. The molecule has 206 valence electrons. The Hall–Kier alpha value is -3.92. The lowest BCUT2D eigenvalue weighted by Gasteiger charge is -2.29. The van der Waals surface area contributed by atoms with Crippen LogP contribution in [0, 0.1) is 5.92 Å². The number of carbonyl (C=O) groups excluding carboxylic acids is 1. The summed E-state index contributed by atoms with van der Waals surface area (Å²) in [5, 5.41) is 10.5. The van der Waals surface area contributed by atoms with Crippen molar-refractivity contribution in [3.8, 4) is 11.5 Å². The first-order chi connectivity index (χ1) is 18.9. The van der Waals surface area contributed by atoms with Gasteiger partial charge in [0.1, 0.15) is 12.7 Å². The number of rotatable bonds is 11. The summed E-state index contributed by atoms with van der Waals surface area (Å²) in [7, 11) is 1.94. The van der Waals surface area contributed by atoms with Gasteiger partial charge in [-0.1, -0.05) is 19.4 Å². The molecule has 10 nitrogen and oxygen atoms in total. The normalized spacial score (nSPS) is 20.3. The fourth-order valence-electron chi connectivity index (χ4n) is 5.74. The summed E-state index contributed by atoms with van der Waals surface area (Å²) in [6.07, 6.45) is 11.6. The molecule has 1 saturated heterocycles. The average molecular weight is 535 g/mol. The Labute approximate surface area is 228 Å². The molecule has 5 rings (SSSR count). The van der Waals surface area contributed by atoms with Gasteiger partial charge in [0.25, 0.3) is 0 Å². The molecular weight excluding hydrogens is 498 g/mol. The number of unbranched alkanes of at least 4 members (excludes halogenated alkanes) is 1. The lowest BCUT2D eigenvalue weighted by molar-refractivity contribution is -0.670. The van der Waals surface area contributed by atoms with E-state index < -0.39 is 11.9 Å². The molecule has 0 radical (unpaired) electrons. The van der Waals surface area contributed by atoms with Crippen LogP contribution in [-0.2, 0) is 23.2 Å². The highest BCUT2D eigenvalue weighted by Gasteiger charge is 2.47. The molecule has 1 N–H and O–H groups in total. The highest BCUT2D eigenvalue weighted by atomic mass is 16.7. The van der Waals surface area contributed by atoms with Crippen LogP contribution in [0.25, 0.3) is 0 Å². The van der Waals surface area contributed by atoms with Crippen molar-refractivity contribution in [3.05, 3.63) is 67.0 Å². The largest absolute Gasteiger partial charge is 0.481 e. The lowest BCUT2D eigenvalue weighted by atomic mass is 9.84. The number of ether oxygens (including phenoxy) is 2. The predicted octanol–water partition coefficient (Wildman–Crippen LogP) is 2.83. The summed E-state index contributed by atoms with van der Waals surface area (Å²) in [6.45, 7) is 4.09. The number of aliphatic carboxylic acids is 1. The van der Waals surface area contributed by atoms with E-state index in [1.165, 1.54) is 0 Å². The van der Waals surface area contributed by atoms with Crippen LogP contribution in [0.1, 0.15) is 37.7 Å². The number of carboxylic acid groups (broad SMARTS) is 1. The van der Waals surface area contributed by atoms with E-state index in [0.717, 1.165) is 24.1 Å². The van der Waals surface area contributed by atoms with Gasteiger partial charge >= 0.3 is 5.97 Å². The van der Waals surface area contributed by atoms with Crippen molar-refractivity contribution in [2.45, 2.75) is 44.7 Å². The number of carboxylic acids is 1. The van der Waals surface area contributed by atoms with Gasteiger partial charge in [-0.3, -0.25) is 14.5 Å². The van der Waals surface area contributed by atoms with E-state index in [1.807, 2.05) is 70.0 Å². The van der Waals surface area contributed by atoms with Gasteiger partial charge in [-0.2, -0.15) is 0 Å². The molecule has 1 aromatic carbocycles. The highest BCUT2D eigenvalue weighted by Crippen LogP contribution is 2.42. The van der Waals surface area contributed by atoms with Crippen LogP contribution in [-0.4, -0.2) is 63.9 Å². The van der Waals surface area contributed by atoms with Gasteiger partial charge in [0, 0.05) is 50.1 Å². The number of amides is 1. The summed E-state index contributed by atoms with van der Waals surface area (Å²) in [4.78, 5) is 34.6. The van der Waals surface area contributed by atoms with Crippen molar-refractivity contribution in [1.82, 2.24) is 14.5 Å². The fourth-order valence-corrected chi connectivity index (χ4v) is 5.74. The Morgan fingerprint density at radius 1 is 1.23 bits per heavy atom. The van der Waals surface area contributed by atoms with Crippen LogP contribution in [0.2, 0.25) is 0 Å². The van der Waals surface area contributed by atoms with Crippen molar-refractivity contribution in [1.29, 1.82) is 0 Å². The Kier molecular flexibility index (Phi) is 8.11. The first kappa shape index (κ1) is 26.7. The molecule has 0 unspecified atom stereocenters. The number of carbonyl (C=O) groups is 2. The number of hydrogen-bond donors (Lipinski definition) is 1. The van der Waals surface area contributed by atoms with Gasteiger partial charge in [0.2, 0.25) is 12.7 Å². The molecule has 0 saturated carbocycles. The Bertz CT molecular complexity index is 1300. The number of likely N-dealkylation sites (tertiary alicyclic amines) is 1. The molecule has 2 aliphatic heterocycles. The maximum atomic E-state index is 13.8. The van der Waals surface area contributed by atoms with Crippen LogP contribution in [0.15, 0.2) is 61.4 Å². The Morgan fingerprint density at radius 3 is 2.82 bits per heavy atom. The molecule has 2 aliphatic rings. The van der Waals surface area contributed by atoms with Crippen LogP contribution in [0.3, 0.4) is 0 Å². The highest BCUT2D eigenvalue weighted by molar-refractivity contribution is 5.94. The molecule has 2 aromatic heterocycles. The number of benzene rings is 1. The third-order valence-electron chi connectivity index (χ3n) is 7.71. The molecule has 3 atom stereocenters. The van der Waals surface area contributed by atoms with E-state index in [0.29, 0.717) is 37.6 Å². The minimum atomic E-state index is -0.860. The van der Waals surface area contributed by atoms with Crippen LogP contribution in [0.4, 0.5) is 5.69 Å². The maximum absolute atomic E-state index is 13.8. The minimum absolute atomic E-state index is 0.0299. The van der Waals surface area contributed by atoms with E-state index in [-0.39, 0.29) is 31.2 Å². The molecule has 0 aliphatic carbocycles. The molecule has 0 spiro atoms. The molecule has 39 heavy (non-hydrogen) atoms. The zero-order valence-electron chi connectivity index (χ0n) is 22.5. The van der Waals surface area contributed by atoms with Gasteiger partial charge in [-0.15, -0.1) is 0 Å². The Morgan fingerprint density at radius 2 is 2.08 bits per heavy atom. The second-order valence-corrected chi connectivity index (χ2v) is 10.3. The SMILES string of the molecule is CCCCN(C(=O)CN1C[C@H](c2ccc3c(c2)OCO3)[C@@H](C(=O)O)[C@@H]1CCn1ccnc1)c1ccc[n+](C)c1. The van der Waals surface area contributed by atoms with Gasteiger partial charge in [0.15, 0.2) is 23.9 Å². The summed E-state index contributed by atoms with van der Waals surface area (Å²) >= 11 is 0. The number of anilines is 1. The van der Waals surface area contributed by atoms with Gasteiger partial charge in [0.05, 0.1) is 18.8 Å². The number of aryl methyl sites for hydroxylation is 2. The summed E-state index contributed by atoms with van der Waals surface area (Å²) in [5.74, 6) is -0.575. The third kappa shape index (κ3) is 5.90. The monoisotopic (exact) mass is 534 g/mol. The van der Waals surface area contributed by atoms with E-state index >= 15 is 0 Å². The maximum Gasteiger partial charge on any atom is 0.308 e. The van der Waals surface area contributed by atoms with E-state index in [9.17, 15) is 14.7 Å². The molecule has 1 fully saturated rings. The number of hydrogen-bond acceptors (Lipinski definition) is 6. The molecular formula is C29H36N5O5+. The summed E-state index contributed by atoms with van der Waals surface area (Å²) in [5.41, 5.74) is 1.72. The van der Waals surface area contributed by atoms with Crippen molar-refractivity contribution >= 4 is 17.6 Å². The number of fused-ring (bicyclic) bond motifs is 1. The predicted molar refractivity (Wildman–Crippen MR) is 144 cm³/mol. The van der Waals surface area contributed by atoms with E-state index in [4.69, 9.17) is 9.47 Å². The second-order valence-electron chi connectivity index (χ2n) is 10.3. The van der Waals surface area contributed by atoms with Crippen molar-refractivity contribution in [2.24, 2.45) is 13.0 Å². The van der Waals surface area contributed by atoms with Gasteiger partial charge in [-0.25, -0.2) is 9.55 Å². The van der Waals surface area contributed by atoms with Crippen molar-refractivity contribution in [2.75, 3.05) is 31.3 Å². The second kappa shape index (κ2) is 11.9. The first-order valence-corrected chi connectivity index (χ1v) is 13.5. The van der Waals surface area contributed by atoms with Crippen LogP contribution in [0.5, 0.6) is 11.5 Å². The van der Waals surface area contributed by atoms with Gasteiger partial charge < -0.3 is 24.0 Å². The fraction of sp³-hybridized carbons (Fsp3) is 0.448. The molecule has 10 heteroatoms. The van der Waals surface area contributed by atoms with Crippen molar-refractivity contribution in [3.63, 3.8) is 0 Å². The summed E-state index contributed by atoms with van der Waals surface area (Å²) in [6, 6.07) is 9.20. The Balaban J connectivity index is 1.43. The molecule has 0 bridgehead atoms. The van der Waals surface area contributed by atoms with Gasteiger partial charge in [-0.05, 0) is 36.6 Å². The average Bonchev–Trinajstić information content (AvgIpc) is 3.67. The quantitative estimate of drug-likeness (QED) is 0.378. The lowest BCUT2D eigenvalue weighted by Crippen LogP contribution is -2.45. The zero-order valence-corrected chi connectivity index (χ0v) is 22.5. The number of imidazole rings is 1. The standard InChI is InChI=1S/C29H35N5O5/c1-3-4-12-34(22-6-5-11-31(2)16-22)27(35)18-33-17-23(21-7-8-25-26(15-21)39-20-38-25)28(29(36)37)24(33)9-13-32-14-10-30-19-32/h5-8,10-11,14-16,19,23-24,28H,3-4,9,12-13,17-18,20H2,1-2H3/p+1/t23-,24+,28-/m1/s1. The topological polar surface area (TPSA) is 101 Å². The smallest absolute Gasteiger partial charge is 0.308 e. The van der Waals surface area contributed by atoms with Crippen LogP contribution >= 0.6 is 0 Å². The first-order valence-electron chi connectivity index (χ1n) is 13.5. The zero-order chi connectivity index (χ0) is 27.4. The van der Waals surface area contributed by atoms with E-state index in [2.05, 4.69) is 16.8 Å². The molecule has 1 amide bonds. The minimum Gasteiger partial charge on any atom is -0.481 e. The number of pyridine rings is 1. The van der Waals surface area contributed by atoms with Crippen molar-refractivity contribution < 1.29 is 28.7 Å². The van der Waals surface area contributed by atoms with Crippen LogP contribution < -0.4 is 18.9 Å².